The van der Waals surface area contributed by atoms with Crippen molar-refractivity contribution in [1.82, 2.24) is 4.90 Å². The van der Waals surface area contributed by atoms with Crippen molar-refractivity contribution in [3.63, 3.8) is 0 Å². The molecule has 3 aliphatic rings. The van der Waals surface area contributed by atoms with Gasteiger partial charge < -0.3 is 5.73 Å². The molecule has 0 radical (unpaired) electrons. The molecular formula is C13H18N2O2. The molecule has 2 aliphatic carbocycles. The summed E-state index contributed by atoms with van der Waals surface area (Å²) in [7, 11) is 0. The Hall–Kier alpha value is -1.16. The van der Waals surface area contributed by atoms with Crippen molar-refractivity contribution in [2.75, 3.05) is 6.54 Å². The second kappa shape index (κ2) is 3.67. The zero-order valence-electron chi connectivity index (χ0n) is 10.0. The summed E-state index contributed by atoms with van der Waals surface area (Å²) < 4.78 is 0. The number of imide groups is 1. The van der Waals surface area contributed by atoms with E-state index in [9.17, 15) is 9.59 Å². The maximum Gasteiger partial charge on any atom is 0.234 e. The van der Waals surface area contributed by atoms with Crippen LogP contribution in [0, 0.1) is 23.7 Å². The highest BCUT2D eigenvalue weighted by atomic mass is 16.2. The SMILES string of the molecule is CCC(CN)N1C(=O)C2C3C=CC(C3)C2C1=O. The van der Waals surface area contributed by atoms with E-state index in [0.717, 1.165) is 12.8 Å². The van der Waals surface area contributed by atoms with Crippen LogP contribution in [0.5, 0.6) is 0 Å². The number of likely N-dealkylation sites (tertiary alicyclic amines) is 1. The summed E-state index contributed by atoms with van der Waals surface area (Å²) in [4.78, 5) is 26.2. The fourth-order valence-corrected chi connectivity index (χ4v) is 3.74. The van der Waals surface area contributed by atoms with E-state index in [1.165, 1.54) is 4.90 Å². The Balaban J connectivity index is 1.92. The lowest BCUT2D eigenvalue weighted by Crippen LogP contribution is -2.45. The Morgan fingerprint density at radius 1 is 1.29 bits per heavy atom. The molecule has 4 heteroatoms. The van der Waals surface area contributed by atoms with Gasteiger partial charge in [0.1, 0.15) is 0 Å². The van der Waals surface area contributed by atoms with Crippen LogP contribution < -0.4 is 5.73 Å². The summed E-state index contributed by atoms with van der Waals surface area (Å²) in [5.41, 5.74) is 5.66. The molecule has 0 aromatic rings. The number of fused-ring (bicyclic) bond motifs is 5. The van der Waals surface area contributed by atoms with Crippen LogP contribution >= 0.6 is 0 Å². The number of hydrogen-bond donors (Lipinski definition) is 1. The van der Waals surface area contributed by atoms with E-state index in [2.05, 4.69) is 12.2 Å². The quantitative estimate of drug-likeness (QED) is 0.572. The Kier molecular flexibility index (Phi) is 2.36. The van der Waals surface area contributed by atoms with Crippen LogP contribution in [0.2, 0.25) is 0 Å². The summed E-state index contributed by atoms with van der Waals surface area (Å²) in [6.07, 6.45) is 5.96. The van der Waals surface area contributed by atoms with Gasteiger partial charge in [-0.25, -0.2) is 0 Å². The van der Waals surface area contributed by atoms with Gasteiger partial charge >= 0.3 is 0 Å². The van der Waals surface area contributed by atoms with Gasteiger partial charge in [-0.3, -0.25) is 14.5 Å². The Morgan fingerprint density at radius 3 is 2.24 bits per heavy atom. The van der Waals surface area contributed by atoms with Crippen molar-refractivity contribution in [1.29, 1.82) is 0 Å². The van der Waals surface area contributed by atoms with Crippen molar-refractivity contribution in [2.45, 2.75) is 25.8 Å². The molecule has 5 atom stereocenters. The first kappa shape index (κ1) is 11.0. The first-order chi connectivity index (χ1) is 8.19. The molecular weight excluding hydrogens is 216 g/mol. The Bertz CT molecular complexity index is 370. The number of rotatable bonds is 3. The molecule has 1 saturated heterocycles. The summed E-state index contributed by atoms with van der Waals surface area (Å²) in [6, 6.07) is -0.111. The highest BCUT2D eigenvalue weighted by Gasteiger charge is 2.59. The number of nitrogens with zero attached hydrogens (tertiary/aromatic N) is 1. The normalized spacial score (nSPS) is 40.2. The molecule has 4 nitrogen and oxygen atoms in total. The number of carbonyl (C=O) groups excluding carboxylic acids is 2. The Morgan fingerprint density at radius 2 is 1.82 bits per heavy atom. The molecule has 92 valence electrons. The Labute approximate surface area is 101 Å². The highest BCUT2D eigenvalue weighted by molar-refractivity contribution is 6.06. The predicted octanol–water partition coefficient (Wildman–Crippen LogP) is 0.531. The van der Waals surface area contributed by atoms with Gasteiger partial charge in [0, 0.05) is 6.54 Å². The fourth-order valence-electron chi connectivity index (χ4n) is 3.74. The lowest BCUT2D eigenvalue weighted by atomic mass is 9.85. The molecule has 3 rings (SSSR count). The molecule has 2 fully saturated rings. The van der Waals surface area contributed by atoms with Crippen molar-refractivity contribution >= 4 is 11.8 Å². The van der Waals surface area contributed by atoms with Crippen LogP contribution in [0.4, 0.5) is 0 Å². The van der Waals surface area contributed by atoms with E-state index in [1.807, 2.05) is 6.92 Å². The number of carbonyl (C=O) groups is 2. The maximum absolute atomic E-state index is 12.4. The highest BCUT2D eigenvalue weighted by Crippen LogP contribution is 2.52. The molecule has 1 saturated carbocycles. The van der Waals surface area contributed by atoms with Gasteiger partial charge in [0.2, 0.25) is 11.8 Å². The van der Waals surface area contributed by atoms with Crippen molar-refractivity contribution < 1.29 is 9.59 Å². The summed E-state index contributed by atoms with van der Waals surface area (Å²) >= 11 is 0. The van der Waals surface area contributed by atoms with Crippen LogP contribution in [0.15, 0.2) is 12.2 Å². The van der Waals surface area contributed by atoms with Gasteiger partial charge in [-0.2, -0.15) is 0 Å². The topological polar surface area (TPSA) is 63.4 Å². The zero-order valence-corrected chi connectivity index (χ0v) is 10.0. The molecule has 0 spiro atoms. The molecule has 2 N–H and O–H groups in total. The molecule has 5 unspecified atom stereocenters. The van der Waals surface area contributed by atoms with E-state index in [0.29, 0.717) is 18.4 Å². The summed E-state index contributed by atoms with van der Waals surface area (Å²) in [6.45, 7) is 2.34. The lowest BCUT2D eigenvalue weighted by molar-refractivity contribution is -0.143. The average Bonchev–Trinajstić information content (AvgIpc) is 2.98. The van der Waals surface area contributed by atoms with E-state index in [-0.39, 0.29) is 29.7 Å². The number of nitrogens with two attached hydrogens (primary N) is 1. The second-order valence-corrected chi connectivity index (χ2v) is 5.34. The van der Waals surface area contributed by atoms with E-state index in [4.69, 9.17) is 5.73 Å². The fraction of sp³-hybridized carbons (Fsp3) is 0.692. The van der Waals surface area contributed by atoms with E-state index >= 15 is 0 Å². The van der Waals surface area contributed by atoms with Gasteiger partial charge in [-0.1, -0.05) is 19.1 Å². The number of amides is 2. The largest absolute Gasteiger partial charge is 0.328 e. The first-order valence-electron chi connectivity index (χ1n) is 6.44. The number of hydrogen-bond acceptors (Lipinski definition) is 3. The third kappa shape index (κ3) is 1.27. The first-order valence-corrected chi connectivity index (χ1v) is 6.44. The molecule has 1 heterocycles. The third-order valence-corrected chi connectivity index (χ3v) is 4.61. The molecule has 2 amide bonds. The summed E-state index contributed by atoms with van der Waals surface area (Å²) in [5.74, 6) is 0.461. The number of allylic oxidation sites excluding steroid dienone is 2. The van der Waals surface area contributed by atoms with Crippen molar-refractivity contribution in [2.24, 2.45) is 29.4 Å². The second-order valence-electron chi connectivity index (χ2n) is 5.34. The molecule has 2 bridgehead atoms. The van der Waals surface area contributed by atoms with E-state index in [1.54, 1.807) is 0 Å². The maximum atomic E-state index is 12.4. The van der Waals surface area contributed by atoms with Crippen LogP contribution in [-0.4, -0.2) is 29.3 Å². The lowest BCUT2D eigenvalue weighted by Gasteiger charge is -2.25. The standard InChI is InChI=1S/C13H18N2O2/c1-2-9(6-14)15-12(16)10-7-3-4-8(5-7)11(10)13(15)17/h3-4,7-11H,2,5-6,14H2,1H3. The average molecular weight is 234 g/mol. The third-order valence-electron chi connectivity index (χ3n) is 4.61. The minimum Gasteiger partial charge on any atom is -0.328 e. The van der Waals surface area contributed by atoms with Crippen molar-refractivity contribution in [3.05, 3.63) is 12.2 Å². The smallest absolute Gasteiger partial charge is 0.234 e. The van der Waals surface area contributed by atoms with Gasteiger partial charge in [-0.05, 0) is 24.7 Å². The molecule has 17 heavy (non-hydrogen) atoms. The van der Waals surface area contributed by atoms with Crippen molar-refractivity contribution in [3.8, 4) is 0 Å². The van der Waals surface area contributed by atoms with Gasteiger partial charge in [-0.15, -0.1) is 0 Å². The van der Waals surface area contributed by atoms with E-state index < -0.39 is 0 Å². The monoisotopic (exact) mass is 234 g/mol. The minimum absolute atomic E-state index is 0.0224. The van der Waals surface area contributed by atoms with Crippen LogP contribution in [0.25, 0.3) is 0 Å². The minimum atomic E-state index is -0.111. The van der Waals surface area contributed by atoms with Crippen LogP contribution in [0.1, 0.15) is 19.8 Å². The molecule has 1 aliphatic heterocycles. The molecule has 0 aromatic carbocycles. The summed E-state index contributed by atoms with van der Waals surface area (Å²) in [5, 5.41) is 0. The van der Waals surface area contributed by atoms with Crippen LogP contribution in [-0.2, 0) is 9.59 Å². The predicted molar refractivity (Wildman–Crippen MR) is 62.7 cm³/mol. The van der Waals surface area contributed by atoms with Gasteiger partial charge in [0.25, 0.3) is 0 Å². The van der Waals surface area contributed by atoms with Gasteiger partial charge in [0.15, 0.2) is 0 Å². The zero-order chi connectivity index (χ0) is 12.2. The van der Waals surface area contributed by atoms with Crippen LogP contribution in [0.3, 0.4) is 0 Å². The molecule has 0 aromatic heterocycles. The van der Waals surface area contributed by atoms with Gasteiger partial charge in [0.05, 0.1) is 17.9 Å².